The molecule has 11 nitrogen and oxygen atoms in total. The second-order valence-corrected chi connectivity index (χ2v) is 14.5. The molecular formula is C45H42N4O7. The minimum atomic E-state index is -1.60. The van der Waals surface area contributed by atoms with Crippen molar-refractivity contribution in [2.75, 3.05) is 55.1 Å². The molecular weight excluding hydrogens is 709 g/mol. The van der Waals surface area contributed by atoms with Crippen LogP contribution in [0.5, 0.6) is 5.75 Å². The van der Waals surface area contributed by atoms with Gasteiger partial charge >= 0.3 is 5.97 Å². The monoisotopic (exact) mass is 750 g/mol. The average Bonchev–Trinajstić information content (AvgIpc) is 3.73. The van der Waals surface area contributed by atoms with Crippen LogP contribution in [0.1, 0.15) is 40.4 Å². The van der Waals surface area contributed by atoms with Crippen molar-refractivity contribution < 1.29 is 33.7 Å². The lowest BCUT2D eigenvalue weighted by Gasteiger charge is -2.46. The van der Waals surface area contributed by atoms with Crippen molar-refractivity contribution in [1.29, 1.82) is 0 Å². The minimum absolute atomic E-state index is 0.0688. The smallest absolute Gasteiger partial charge is 0.324 e. The van der Waals surface area contributed by atoms with Crippen molar-refractivity contribution >= 4 is 34.8 Å². The Kier molecular flexibility index (Phi) is 9.50. The van der Waals surface area contributed by atoms with E-state index in [9.17, 15) is 9.90 Å². The molecule has 5 aromatic carbocycles. The number of anilines is 3. The Balaban J connectivity index is 1.25. The standard InChI is InChI=1S/C45H42N4O7/c50-24-27-55-34-15-9-14-31(28-34)41-45(35-16-7-8-17-36(35)47-44(45)53)37(42(51)46-32-18-20-33(21-19-32)48-22-25-54-26-23-48)39-43(52)56-40(30-12-5-2-6-13-30)38(49(39)41)29-10-3-1-4-11-29/h1-21,28,37-41,50H,22-27H2,(H,46,51)(H,47,53). The zero-order chi connectivity index (χ0) is 38.2. The molecule has 0 aromatic heterocycles. The third-order valence-electron chi connectivity index (χ3n) is 11.5. The first-order valence-electron chi connectivity index (χ1n) is 19.0. The largest absolute Gasteiger partial charge is 0.491 e. The van der Waals surface area contributed by atoms with Gasteiger partial charge in [0.2, 0.25) is 11.8 Å². The number of carbonyl (C=O) groups excluding carboxylic acids is 3. The molecule has 0 radical (unpaired) electrons. The number of benzene rings is 5. The summed E-state index contributed by atoms with van der Waals surface area (Å²) in [5, 5.41) is 15.9. The SMILES string of the molecule is O=C1OC(c2ccccc2)C(c2ccccc2)N2C1C(C(=O)Nc1ccc(N3CCOCC3)cc1)C1(C(=O)Nc3ccccc31)C2c1cccc(OCCO)c1. The molecule has 6 atom stereocenters. The molecule has 0 aliphatic carbocycles. The molecule has 3 saturated heterocycles. The number of nitrogens with zero attached hydrogens (tertiary/aromatic N) is 2. The molecule has 4 aliphatic heterocycles. The molecule has 56 heavy (non-hydrogen) atoms. The number of nitrogens with one attached hydrogen (secondary N) is 2. The third-order valence-corrected chi connectivity index (χ3v) is 11.5. The fourth-order valence-corrected chi connectivity index (χ4v) is 9.29. The van der Waals surface area contributed by atoms with Gasteiger partial charge in [0, 0.05) is 30.2 Å². The lowest BCUT2D eigenvalue weighted by molar-refractivity contribution is -0.177. The minimum Gasteiger partial charge on any atom is -0.491 e. The Morgan fingerprint density at radius 2 is 1.48 bits per heavy atom. The number of amides is 2. The fourth-order valence-electron chi connectivity index (χ4n) is 9.29. The summed E-state index contributed by atoms with van der Waals surface area (Å²) >= 11 is 0. The van der Waals surface area contributed by atoms with E-state index < -0.39 is 53.3 Å². The second-order valence-electron chi connectivity index (χ2n) is 14.5. The van der Waals surface area contributed by atoms with Gasteiger partial charge in [-0.2, -0.15) is 0 Å². The molecule has 11 heteroatoms. The number of morpholine rings is 2. The summed E-state index contributed by atoms with van der Waals surface area (Å²) in [6.45, 7) is 2.71. The Morgan fingerprint density at radius 3 is 2.21 bits per heavy atom. The van der Waals surface area contributed by atoms with Gasteiger partial charge < -0.3 is 34.9 Å². The summed E-state index contributed by atoms with van der Waals surface area (Å²) in [6.07, 6.45) is -0.773. The van der Waals surface area contributed by atoms with Gasteiger partial charge in [-0.05, 0) is 64.7 Å². The van der Waals surface area contributed by atoms with E-state index in [0.29, 0.717) is 41.5 Å². The van der Waals surface area contributed by atoms with Crippen molar-refractivity contribution in [1.82, 2.24) is 4.90 Å². The first-order valence-corrected chi connectivity index (χ1v) is 19.0. The van der Waals surface area contributed by atoms with Gasteiger partial charge in [0.1, 0.15) is 29.9 Å². The van der Waals surface area contributed by atoms with Crippen LogP contribution in [0.3, 0.4) is 0 Å². The molecule has 1 spiro atoms. The van der Waals surface area contributed by atoms with E-state index in [2.05, 4.69) is 20.4 Å². The number of fused-ring (bicyclic) bond motifs is 3. The first kappa shape index (κ1) is 35.7. The summed E-state index contributed by atoms with van der Waals surface area (Å²) < 4.78 is 17.9. The molecule has 3 N–H and O–H groups in total. The van der Waals surface area contributed by atoms with E-state index in [1.54, 1.807) is 6.07 Å². The molecule has 4 heterocycles. The molecule has 4 aliphatic rings. The van der Waals surface area contributed by atoms with Crippen LogP contribution >= 0.6 is 0 Å². The van der Waals surface area contributed by atoms with Crippen LogP contribution < -0.4 is 20.3 Å². The number of ether oxygens (including phenoxy) is 3. The van der Waals surface area contributed by atoms with Crippen LogP contribution in [0, 0.1) is 5.92 Å². The van der Waals surface area contributed by atoms with Gasteiger partial charge in [-0.1, -0.05) is 91.0 Å². The summed E-state index contributed by atoms with van der Waals surface area (Å²) in [5.41, 5.74) is 3.45. The van der Waals surface area contributed by atoms with Gasteiger partial charge in [0.05, 0.1) is 37.8 Å². The molecule has 5 aromatic rings. The predicted octanol–water partition coefficient (Wildman–Crippen LogP) is 5.80. The van der Waals surface area contributed by atoms with Gasteiger partial charge in [-0.15, -0.1) is 0 Å². The summed E-state index contributed by atoms with van der Waals surface area (Å²) in [5.74, 6) is -2.23. The normalized spacial score (nSPS) is 25.6. The van der Waals surface area contributed by atoms with E-state index >= 15 is 9.59 Å². The lowest BCUT2D eigenvalue weighted by Crippen LogP contribution is -2.53. The highest BCUT2D eigenvalue weighted by Crippen LogP contribution is 2.65. The van der Waals surface area contributed by atoms with Crippen molar-refractivity contribution in [3.05, 3.63) is 156 Å². The molecule has 3 fully saturated rings. The van der Waals surface area contributed by atoms with Crippen molar-refractivity contribution in [2.24, 2.45) is 5.92 Å². The summed E-state index contributed by atoms with van der Waals surface area (Å²) in [7, 11) is 0. The van der Waals surface area contributed by atoms with E-state index in [1.807, 2.05) is 127 Å². The second kappa shape index (κ2) is 14.9. The van der Waals surface area contributed by atoms with Crippen molar-refractivity contribution in [3.8, 4) is 5.75 Å². The van der Waals surface area contributed by atoms with Gasteiger partial charge in [-0.25, -0.2) is 0 Å². The molecule has 0 bridgehead atoms. The third kappa shape index (κ3) is 5.99. The van der Waals surface area contributed by atoms with Crippen molar-refractivity contribution in [3.63, 3.8) is 0 Å². The van der Waals surface area contributed by atoms with Crippen molar-refractivity contribution in [2.45, 2.75) is 29.6 Å². The number of esters is 1. The molecule has 284 valence electrons. The zero-order valence-electron chi connectivity index (χ0n) is 30.6. The highest BCUT2D eigenvalue weighted by Gasteiger charge is 2.74. The van der Waals surface area contributed by atoms with Crippen LogP contribution in [0.15, 0.2) is 133 Å². The molecule has 0 saturated carbocycles. The number of para-hydroxylation sites is 1. The highest BCUT2D eigenvalue weighted by atomic mass is 16.6. The Hall–Kier alpha value is -6.01. The Bertz CT molecular complexity index is 2230. The maximum Gasteiger partial charge on any atom is 0.324 e. The first-order chi connectivity index (χ1) is 27.5. The summed E-state index contributed by atoms with van der Waals surface area (Å²) in [6, 6.07) is 39.1. The molecule has 9 rings (SSSR count). The number of cyclic esters (lactones) is 1. The number of rotatable bonds is 9. The number of hydrogen-bond donors (Lipinski definition) is 3. The van der Waals surface area contributed by atoms with Crippen LogP contribution in [0.2, 0.25) is 0 Å². The van der Waals surface area contributed by atoms with Crippen LogP contribution in [0.4, 0.5) is 17.1 Å². The molecule has 2 amide bonds. The summed E-state index contributed by atoms with van der Waals surface area (Å²) in [4.78, 5) is 49.7. The van der Waals surface area contributed by atoms with Crippen LogP contribution in [0.25, 0.3) is 0 Å². The Morgan fingerprint density at radius 1 is 0.804 bits per heavy atom. The van der Waals surface area contributed by atoms with Gasteiger partial charge in [0.15, 0.2) is 0 Å². The fraction of sp³-hybridized carbons (Fsp3) is 0.267. The maximum absolute atomic E-state index is 15.3. The topological polar surface area (TPSA) is 130 Å². The maximum atomic E-state index is 15.3. The van der Waals surface area contributed by atoms with E-state index in [4.69, 9.17) is 14.2 Å². The van der Waals surface area contributed by atoms with Gasteiger partial charge in [-0.3, -0.25) is 19.3 Å². The van der Waals surface area contributed by atoms with Crippen LogP contribution in [-0.2, 0) is 29.3 Å². The van der Waals surface area contributed by atoms with E-state index in [-0.39, 0.29) is 13.2 Å². The number of aliphatic hydroxyl groups excluding tert-OH is 1. The van der Waals surface area contributed by atoms with Crippen LogP contribution in [-0.4, -0.2) is 73.3 Å². The average molecular weight is 751 g/mol. The quantitative estimate of drug-likeness (QED) is 0.160. The van der Waals surface area contributed by atoms with E-state index in [0.717, 1.165) is 29.9 Å². The lowest BCUT2D eigenvalue weighted by atomic mass is 9.65. The predicted molar refractivity (Wildman–Crippen MR) is 210 cm³/mol. The highest BCUT2D eigenvalue weighted by molar-refractivity contribution is 6.13. The Labute approximate surface area is 324 Å². The number of carbonyl (C=O) groups is 3. The number of hydrogen-bond acceptors (Lipinski definition) is 9. The van der Waals surface area contributed by atoms with Gasteiger partial charge in [0.25, 0.3) is 0 Å². The number of aliphatic hydroxyl groups is 1. The molecule has 6 unspecified atom stereocenters. The van der Waals surface area contributed by atoms with E-state index in [1.165, 1.54) is 0 Å². The zero-order valence-corrected chi connectivity index (χ0v) is 30.6.